The second-order valence-electron chi connectivity index (χ2n) is 3.50. The number of rotatable bonds is 6. The molecule has 0 saturated heterocycles. The van der Waals surface area contributed by atoms with E-state index in [1.54, 1.807) is 24.4 Å². The lowest BCUT2D eigenvalue weighted by Gasteiger charge is -2.18. The Kier molecular flexibility index (Phi) is 5.31. The van der Waals surface area contributed by atoms with Crippen molar-refractivity contribution in [2.75, 3.05) is 6.54 Å². The van der Waals surface area contributed by atoms with E-state index in [1.807, 2.05) is 6.07 Å². The quantitative estimate of drug-likeness (QED) is 0.605. The van der Waals surface area contributed by atoms with E-state index in [4.69, 9.17) is 5.11 Å². The molecule has 0 aliphatic carbocycles. The summed E-state index contributed by atoms with van der Waals surface area (Å²) in [5, 5.41) is 8.47. The van der Waals surface area contributed by atoms with Crippen LogP contribution < -0.4 is 0 Å². The lowest BCUT2D eigenvalue weighted by atomic mass is 10.3. The Morgan fingerprint density at radius 2 is 2.17 bits per heavy atom. The number of hydrogen-bond acceptors (Lipinski definition) is 3. The van der Waals surface area contributed by atoms with Crippen molar-refractivity contribution in [3.8, 4) is 0 Å². The molecule has 1 N–H and O–H groups in total. The number of aliphatic carboxylic acids is 1. The van der Waals surface area contributed by atoms with E-state index in [0.717, 1.165) is 17.8 Å². The number of amides is 1. The Labute approximate surface area is 105 Å². The minimum Gasteiger partial charge on any atom is -0.478 e. The monoisotopic (exact) mass is 246 g/mol. The minimum atomic E-state index is -1.15. The van der Waals surface area contributed by atoms with Crippen molar-refractivity contribution in [3.05, 3.63) is 54.9 Å². The molecule has 5 heteroatoms. The van der Waals surface area contributed by atoms with Crippen molar-refractivity contribution in [2.45, 2.75) is 6.54 Å². The summed E-state index contributed by atoms with van der Waals surface area (Å²) in [5.74, 6) is -1.54. The van der Waals surface area contributed by atoms with Crippen LogP contribution >= 0.6 is 0 Å². The molecule has 0 fully saturated rings. The van der Waals surface area contributed by atoms with Crippen LogP contribution in [-0.2, 0) is 16.1 Å². The minimum absolute atomic E-state index is 0.315. The van der Waals surface area contributed by atoms with Gasteiger partial charge in [0.25, 0.3) is 0 Å². The maximum Gasteiger partial charge on any atom is 0.328 e. The summed E-state index contributed by atoms with van der Waals surface area (Å²) in [5.41, 5.74) is 0.733. The Hall–Kier alpha value is -2.43. The van der Waals surface area contributed by atoms with E-state index in [-0.39, 0.29) is 5.91 Å². The first-order valence-corrected chi connectivity index (χ1v) is 5.34. The third kappa shape index (κ3) is 4.61. The molecule has 1 amide bonds. The van der Waals surface area contributed by atoms with E-state index in [0.29, 0.717) is 13.1 Å². The highest BCUT2D eigenvalue weighted by Crippen LogP contribution is 2.02. The molecule has 0 aliphatic heterocycles. The van der Waals surface area contributed by atoms with Gasteiger partial charge in [-0.15, -0.1) is 6.58 Å². The molecule has 0 atom stereocenters. The fourth-order valence-electron chi connectivity index (χ4n) is 1.32. The van der Waals surface area contributed by atoms with Gasteiger partial charge < -0.3 is 10.0 Å². The molecular weight excluding hydrogens is 232 g/mol. The van der Waals surface area contributed by atoms with Crippen molar-refractivity contribution in [2.24, 2.45) is 0 Å². The van der Waals surface area contributed by atoms with Crippen molar-refractivity contribution in [1.82, 2.24) is 9.88 Å². The molecule has 18 heavy (non-hydrogen) atoms. The van der Waals surface area contributed by atoms with Gasteiger partial charge in [0.15, 0.2) is 0 Å². The summed E-state index contributed by atoms with van der Waals surface area (Å²) in [6.07, 6.45) is 5.06. The van der Waals surface area contributed by atoms with Gasteiger partial charge in [0, 0.05) is 24.9 Å². The highest BCUT2D eigenvalue weighted by atomic mass is 16.4. The molecule has 1 rings (SSSR count). The van der Waals surface area contributed by atoms with Crippen LogP contribution in [0.4, 0.5) is 0 Å². The zero-order valence-electron chi connectivity index (χ0n) is 9.82. The Morgan fingerprint density at radius 3 is 2.72 bits per heavy atom. The first-order chi connectivity index (χ1) is 8.63. The second kappa shape index (κ2) is 7.01. The first-order valence-electron chi connectivity index (χ1n) is 5.34. The molecule has 1 heterocycles. The molecule has 1 aromatic heterocycles. The summed E-state index contributed by atoms with van der Waals surface area (Å²) in [7, 11) is 0. The molecule has 0 unspecified atom stereocenters. The predicted molar refractivity (Wildman–Crippen MR) is 66.6 cm³/mol. The maximum absolute atomic E-state index is 11.7. The molecular formula is C13H14N2O3. The van der Waals surface area contributed by atoms with Gasteiger partial charge in [-0.05, 0) is 12.1 Å². The van der Waals surface area contributed by atoms with Crippen molar-refractivity contribution >= 4 is 11.9 Å². The number of aromatic nitrogens is 1. The summed E-state index contributed by atoms with van der Waals surface area (Å²) >= 11 is 0. The second-order valence-corrected chi connectivity index (χ2v) is 3.50. The fourth-order valence-corrected chi connectivity index (χ4v) is 1.32. The standard InChI is InChI=1S/C13H14N2O3/c1-2-9-15(12(16)6-7-13(17)18)10-11-5-3-4-8-14-11/h2-8H,1,9-10H2,(H,17,18)/b7-6+. The van der Waals surface area contributed by atoms with E-state index in [1.165, 1.54) is 4.90 Å². The zero-order valence-corrected chi connectivity index (χ0v) is 9.82. The summed E-state index contributed by atoms with van der Waals surface area (Å²) in [6.45, 7) is 4.21. The molecule has 5 nitrogen and oxygen atoms in total. The number of hydrogen-bond donors (Lipinski definition) is 1. The van der Waals surface area contributed by atoms with E-state index < -0.39 is 5.97 Å². The van der Waals surface area contributed by atoms with Gasteiger partial charge in [-0.25, -0.2) is 4.79 Å². The van der Waals surface area contributed by atoms with Crippen molar-refractivity contribution in [1.29, 1.82) is 0 Å². The lowest BCUT2D eigenvalue weighted by molar-refractivity contribution is -0.132. The first kappa shape index (κ1) is 13.6. The number of carboxylic acid groups (broad SMARTS) is 1. The summed E-state index contributed by atoms with van der Waals surface area (Å²) in [6, 6.07) is 5.41. The molecule has 0 saturated carbocycles. The van der Waals surface area contributed by atoms with E-state index in [9.17, 15) is 9.59 Å². The Bertz CT molecular complexity index is 455. The molecule has 94 valence electrons. The van der Waals surface area contributed by atoms with Gasteiger partial charge in [0.1, 0.15) is 0 Å². The number of nitrogens with zero attached hydrogens (tertiary/aromatic N) is 2. The van der Waals surface area contributed by atoms with Crippen LogP contribution in [0, 0.1) is 0 Å². The smallest absolute Gasteiger partial charge is 0.328 e. The van der Waals surface area contributed by atoms with Gasteiger partial charge in [0.05, 0.1) is 12.2 Å². The maximum atomic E-state index is 11.7. The summed E-state index contributed by atoms with van der Waals surface area (Å²) in [4.78, 5) is 27.7. The van der Waals surface area contributed by atoms with Crippen LogP contribution in [0.1, 0.15) is 5.69 Å². The largest absolute Gasteiger partial charge is 0.478 e. The Balaban J connectivity index is 2.73. The van der Waals surface area contributed by atoms with Crippen molar-refractivity contribution in [3.63, 3.8) is 0 Å². The highest BCUT2D eigenvalue weighted by molar-refractivity contribution is 5.93. The van der Waals surface area contributed by atoms with Crippen LogP contribution in [0.15, 0.2) is 49.2 Å². The van der Waals surface area contributed by atoms with E-state index >= 15 is 0 Å². The van der Waals surface area contributed by atoms with Crippen LogP contribution in [0.2, 0.25) is 0 Å². The van der Waals surface area contributed by atoms with Crippen LogP contribution in [-0.4, -0.2) is 33.4 Å². The third-order valence-electron chi connectivity index (χ3n) is 2.11. The average molecular weight is 246 g/mol. The zero-order chi connectivity index (χ0) is 13.4. The average Bonchev–Trinajstić information content (AvgIpc) is 2.36. The molecule has 0 aromatic carbocycles. The van der Waals surface area contributed by atoms with E-state index in [2.05, 4.69) is 11.6 Å². The van der Waals surface area contributed by atoms with Crippen molar-refractivity contribution < 1.29 is 14.7 Å². The molecule has 1 aromatic rings. The molecule has 0 spiro atoms. The lowest BCUT2D eigenvalue weighted by Crippen LogP contribution is -2.29. The molecule has 0 bridgehead atoms. The number of carboxylic acids is 1. The predicted octanol–water partition coefficient (Wildman–Crippen LogP) is 1.24. The molecule has 0 radical (unpaired) electrons. The molecule has 0 aliphatic rings. The number of carbonyl (C=O) groups is 2. The van der Waals surface area contributed by atoms with Crippen LogP contribution in [0.5, 0.6) is 0 Å². The van der Waals surface area contributed by atoms with Crippen LogP contribution in [0.25, 0.3) is 0 Å². The normalized spacial score (nSPS) is 10.2. The van der Waals surface area contributed by atoms with Gasteiger partial charge in [-0.3, -0.25) is 9.78 Å². The number of carbonyl (C=O) groups excluding carboxylic acids is 1. The van der Waals surface area contributed by atoms with Gasteiger partial charge in [0.2, 0.25) is 5.91 Å². The third-order valence-corrected chi connectivity index (χ3v) is 2.11. The van der Waals surface area contributed by atoms with Gasteiger partial charge in [-0.1, -0.05) is 12.1 Å². The topological polar surface area (TPSA) is 70.5 Å². The van der Waals surface area contributed by atoms with Crippen LogP contribution in [0.3, 0.4) is 0 Å². The Morgan fingerprint density at radius 1 is 1.39 bits per heavy atom. The SMILES string of the molecule is C=CCN(Cc1ccccn1)C(=O)/C=C/C(=O)O. The van der Waals surface area contributed by atoms with Gasteiger partial charge >= 0.3 is 5.97 Å². The highest BCUT2D eigenvalue weighted by Gasteiger charge is 2.10. The summed E-state index contributed by atoms with van der Waals surface area (Å²) < 4.78 is 0. The number of pyridine rings is 1. The van der Waals surface area contributed by atoms with Gasteiger partial charge in [-0.2, -0.15) is 0 Å². The fraction of sp³-hybridized carbons (Fsp3) is 0.154.